The molecule has 1 rings (SSSR count). The normalized spacial score (nSPS) is 19.3. The summed E-state index contributed by atoms with van der Waals surface area (Å²) < 4.78 is 34.7. The van der Waals surface area contributed by atoms with Crippen molar-refractivity contribution in [3.05, 3.63) is 0 Å². The van der Waals surface area contributed by atoms with E-state index in [0.717, 1.165) is 0 Å². The molecule has 0 aromatic rings. The molecule has 1 fully saturated rings. The largest absolute Gasteiger partial charge is 0.444 e. The number of alkyl halides is 2. The maximum Gasteiger partial charge on any atom is 0.407 e. The van der Waals surface area contributed by atoms with E-state index in [2.05, 4.69) is 10.6 Å². The number of carbonyl (C=O) groups is 1. The number of hydrogen-bond acceptors (Lipinski definition) is 4. The van der Waals surface area contributed by atoms with Crippen LogP contribution < -0.4 is 10.6 Å². The van der Waals surface area contributed by atoms with Gasteiger partial charge in [-0.05, 0) is 46.7 Å². The fraction of sp³-hybridized carbons (Fsp3) is 0.917. The molecule has 0 unspecified atom stereocenters. The van der Waals surface area contributed by atoms with Crippen LogP contribution in [0.2, 0.25) is 0 Å². The highest BCUT2D eigenvalue weighted by atomic mass is 19.3. The summed E-state index contributed by atoms with van der Waals surface area (Å²) in [5.74, 6) is 0. The highest BCUT2D eigenvalue weighted by molar-refractivity contribution is 5.67. The Bertz CT molecular complexity index is 300. The molecule has 0 aromatic carbocycles. The lowest BCUT2D eigenvalue weighted by molar-refractivity contribution is -0.214. The monoisotopic (exact) mass is 280 g/mol. The number of hydrogen-bond donors (Lipinski definition) is 2. The number of amides is 1. The predicted octanol–water partition coefficient (Wildman–Crippen LogP) is 1.87. The Kier molecular flexibility index (Phi) is 5.49. The van der Waals surface area contributed by atoms with Gasteiger partial charge in [0.2, 0.25) is 0 Å². The Morgan fingerprint density at radius 3 is 2.42 bits per heavy atom. The highest BCUT2D eigenvalue weighted by Crippen LogP contribution is 2.25. The maximum absolute atomic E-state index is 12.5. The smallest absolute Gasteiger partial charge is 0.407 e. The molecule has 7 heteroatoms. The van der Waals surface area contributed by atoms with Crippen molar-refractivity contribution in [3.8, 4) is 0 Å². The Morgan fingerprint density at radius 2 is 1.95 bits per heavy atom. The van der Waals surface area contributed by atoms with Gasteiger partial charge in [0.15, 0.2) is 0 Å². The van der Waals surface area contributed by atoms with Crippen LogP contribution in [0.1, 0.15) is 33.6 Å². The van der Waals surface area contributed by atoms with Gasteiger partial charge in [0.05, 0.1) is 12.1 Å². The number of carbonyl (C=O) groups excluding carboxylic acids is 1. The van der Waals surface area contributed by atoms with Crippen LogP contribution in [0.4, 0.5) is 13.6 Å². The van der Waals surface area contributed by atoms with E-state index in [1.807, 2.05) is 0 Å². The number of halogens is 2. The minimum absolute atomic E-state index is 0.0218. The fourth-order valence-corrected chi connectivity index (χ4v) is 1.96. The standard InChI is InChI=1S/C12H22F2N2O3/c1-11(2,3)19-10(17)16-8-12(18-9(13)14)4-6-15-7-5-12/h9,15H,4-8H2,1-3H3,(H,16,17). The van der Waals surface area contributed by atoms with Gasteiger partial charge in [0.25, 0.3) is 0 Å². The van der Waals surface area contributed by atoms with Crippen LogP contribution in [0.25, 0.3) is 0 Å². The Balaban J connectivity index is 2.51. The van der Waals surface area contributed by atoms with Crippen LogP contribution in [0, 0.1) is 0 Å². The number of piperidine rings is 1. The van der Waals surface area contributed by atoms with Crippen molar-refractivity contribution in [1.29, 1.82) is 0 Å². The summed E-state index contributed by atoms with van der Waals surface area (Å²) in [4.78, 5) is 11.5. The first-order chi connectivity index (χ1) is 8.72. The molecule has 0 bridgehead atoms. The van der Waals surface area contributed by atoms with Crippen LogP contribution in [-0.4, -0.2) is 43.5 Å². The second kappa shape index (κ2) is 6.47. The van der Waals surface area contributed by atoms with E-state index in [-0.39, 0.29) is 6.54 Å². The molecule has 0 spiro atoms. The van der Waals surface area contributed by atoms with E-state index in [1.54, 1.807) is 20.8 Å². The third-order valence-electron chi connectivity index (χ3n) is 2.81. The van der Waals surface area contributed by atoms with Crippen molar-refractivity contribution in [2.24, 2.45) is 0 Å². The lowest BCUT2D eigenvalue weighted by atomic mass is 9.92. The summed E-state index contributed by atoms with van der Waals surface area (Å²) in [5, 5.41) is 5.58. The summed E-state index contributed by atoms with van der Waals surface area (Å²) in [6.07, 6.45) is 0.226. The Morgan fingerprint density at radius 1 is 1.37 bits per heavy atom. The molecular formula is C12H22F2N2O3. The van der Waals surface area contributed by atoms with Gasteiger partial charge in [-0.15, -0.1) is 0 Å². The van der Waals surface area contributed by atoms with Crippen molar-refractivity contribution < 1.29 is 23.0 Å². The van der Waals surface area contributed by atoms with Crippen molar-refractivity contribution in [2.75, 3.05) is 19.6 Å². The molecule has 0 atom stereocenters. The molecule has 1 heterocycles. The quantitative estimate of drug-likeness (QED) is 0.825. The van der Waals surface area contributed by atoms with Crippen molar-refractivity contribution >= 4 is 6.09 Å². The van der Waals surface area contributed by atoms with Gasteiger partial charge in [0, 0.05) is 0 Å². The predicted molar refractivity (Wildman–Crippen MR) is 66.2 cm³/mol. The van der Waals surface area contributed by atoms with Crippen LogP contribution in [0.5, 0.6) is 0 Å². The van der Waals surface area contributed by atoms with Gasteiger partial charge in [-0.25, -0.2) is 4.79 Å². The number of ether oxygens (including phenoxy) is 2. The van der Waals surface area contributed by atoms with Gasteiger partial charge in [-0.2, -0.15) is 8.78 Å². The van der Waals surface area contributed by atoms with Crippen molar-refractivity contribution in [3.63, 3.8) is 0 Å². The Labute approximate surface area is 112 Å². The molecule has 19 heavy (non-hydrogen) atoms. The molecule has 0 aliphatic carbocycles. The number of alkyl carbamates (subject to hydrolysis) is 1. The first kappa shape index (κ1) is 16.1. The summed E-state index contributed by atoms with van der Waals surface area (Å²) in [7, 11) is 0. The van der Waals surface area contributed by atoms with Crippen molar-refractivity contribution in [2.45, 2.75) is 51.4 Å². The number of rotatable bonds is 4. The molecule has 1 saturated heterocycles. The van der Waals surface area contributed by atoms with E-state index in [0.29, 0.717) is 25.9 Å². The first-order valence-electron chi connectivity index (χ1n) is 6.36. The zero-order chi connectivity index (χ0) is 14.5. The van der Waals surface area contributed by atoms with E-state index < -0.39 is 23.9 Å². The van der Waals surface area contributed by atoms with E-state index in [1.165, 1.54) is 0 Å². The molecule has 112 valence electrons. The van der Waals surface area contributed by atoms with E-state index >= 15 is 0 Å². The van der Waals surface area contributed by atoms with Crippen LogP contribution in [-0.2, 0) is 9.47 Å². The van der Waals surface area contributed by atoms with Gasteiger partial charge in [-0.3, -0.25) is 0 Å². The zero-order valence-corrected chi connectivity index (χ0v) is 11.6. The molecule has 2 N–H and O–H groups in total. The van der Waals surface area contributed by atoms with E-state index in [9.17, 15) is 13.6 Å². The van der Waals surface area contributed by atoms with Crippen molar-refractivity contribution in [1.82, 2.24) is 10.6 Å². The van der Waals surface area contributed by atoms with Gasteiger partial charge < -0.3 is 20.1 Å². The minimum atomic E-state index is -2.85. The second-order valence-corrected chi connectivity index (χ2v) is 5.67. The maximum atomic E-state index is 12.5. The molecule has 0 saturated carbocycles. The second-order valence-electron chi connectivity index (χ2n) is 5.67. The molecule has 1 amide bonds. The molecular weight excluding hydrogens is 258 g/mol. The average Bonchev–Trinajstić information content (AvgIpc) is 2.24. The average molecular weight is 280 g/mol. The molecule has 0 aromatic heterocycles. The molecule has 1 aliphatic rings. The number of nitrogens with one attached hydrogen (secondary N) is 2. The van der Waals surface area contributed by atoms with Crippen LogP contribution >= 0.6 is 0 Å². The van der Waals surface area contributed by atoms with Crippen LogP contribution in [0.15, 0.2) is 0 Å². The third-order valence-corrected chi connectivity index (χ3v) is 2.81. The van der Waals surface area contributed by atoms with E-state index in [4.69, 9.17) is 9.47 Å². The SMILES string of the molecule is CC(C)(C)OC(=O)NCC1(OC(F)F)CCNCC1. The third kappa shape index (κ3) is 6.15. The topological polar surface area (TPSA) is 59.6 Å². The summed E-state index contributed by atoms with van der Waals surface area (Å²) in [6, 6.07) is 0. The molecule has 1 aliphatic heterocycles. The zero-order valence-electron chi connectivity index (χ0n) is 11.6. The minimum Gasteiger partial charge on any atom is -0.444 e. The Hall–Kier alpha value is -0.950. The lowest BCUT2D eigenvalue weighted by Crippen LogP contribution is -2.52. The highest BCUT2D eigenvalue weighted by Gasteiger charge is 2.36. The van der Waals surface area contributed by atoms with Gasteiger partial charge >= 0.3 is 12.7 Å². The van der Waals surface area contributed by atoms with Gasteiger partial charge in [0.1, 0.15) is 5.60 Å². The molecule has 0 radical (unpaired) electrons. The summed E-state index contributed by atoms with van der Waals surface area (Å²) >= 11 is 0. The summed E-state index contributed by atoms with van der Waals surface area (Å²) in [6.45, 7) is 3.56. The molecule has 5 nitrogen and oxygen atoms in total. The lowest BCUT2D eigenvalue weighted by Gasteiger charge is -2.37. The van der Waals surface area contributed by atoms with Crippen LogP contribution in [0.3, 0.4) is 0 Å². The summed E-state index contributed by atoms with van der Waals surface area (Å²) in [5.41, 5.74) is -1.63. The first-order valence-corrected chi connectivity index (χ1v) is 6.36. The fourth-order valence-electron chi connectivity index (χ4n) is 1.96. The van der Waals surface area contributed by atoms with Gasteiger partial charge in [-0.1, -0.05) is 0 Å².